The van der Waals surface area contributed by atoms with E-state index in [-0.39, 0.29) is 11.5 Å². The number of fused-ring (bicyclic) bond motifs is 1. The van der Waals surface area contributed by atoms with Crippen molar-refractivity contribution in [2.75, 3.05) is 25.0 Å². The SMILES string of the molecule is CCOc1cc(NC(=O)c2ccc(F)cc2F)ccc1C(=O)N1CC[C@H]2CCCC[C@H]2C1. The Balaban J connectivity index is 1.51. The van der Waals surface area contributed by atoms with E-state index >= 15 is 0 Å². The van der Waals surface area contributed by atoms with Crippen LogP contribution < -0.4 is 10.1 Å². The van der Waals surface area contributed by atoms with Gasteiger partial charge < -0.3 is 15.0 Å². The number of piperidine rings is 1. The highest BCUT2D eigenvalue weighted by molar-refractivity contribution is 6.05. The molecule has 5 nitrogen and oxygen atoms in total. The first-order chi connectivity index (χ1) is 15.5. The Labute approximate surface area is 186 Å². The molecular formula is C25H28F2N2O3. The first kappa shape index (κ1) is 22.2. The van der Waals surface area contributed by atoms with Gasteiger partial charge in [-0.2, -0.15) is 0 Å². The number of likely N-dealkylation sites (tertiary alicyclic amines) is 1. The lowest BCUT2D eigenvalue weighted by atomic mass is 9.75. The maximum Gasteiger partial charge on any atom is 0.258 e. The molecule has 2 aromatic carbocycles. The zero-order valence-corrected chi connectivity index (χ0v) is 18.2. The van der Waals surface area contributed by atoms with Crippen LogP contribution in [-0.2, 0) is 0 Å². The van der Waals surface area contributed by atoms with Gasteiger partial charge >= 0.3 is 0 Å². The van der Waals surface area contributed by atoms with E-state index in [0.717, 1.165) is 37.6 Å². The normalized spacial score (nSPS) is 20.4. The minimum absolute atomic E-state index is 0.0695. The molecule has 0 aromatic heterocycles. The lowest BCUT2D eigenvalue weighted by molar-refractivity contribution is 0.0517. The Hall–Kier alpha value is -2.96. The maximum atomic E-state index is 13.9. The fraction of sp³-hybridized carbons (Fsp3) is 0.440. The third kappa shape index (κ3) is 4.76. The van der Waals surface area contributed by atoms with E-state index in [0.29, 0.717) is 35.6 Å². The summed E-state index contributed by atoms with van der Waals surface area (Å²) in [5.74, 6) is -0.794. The summed E-state index contributed by atoms with van der Waals surface area (Å²) in [5.41, 5.74) is 0.552. The average Bonchev–Trinajstić information content (AvgIpc) is 2.78. The maximum absolute atomic E-state index is 13.9. The summed E-state index contributed by atoms with van der Waals surface area (Å²) >= 11 is 0. The molecule has 0 radical (unpaired) electrons. The highest BCUT2D eigenvalue weighted by Crippen LogP contribution is 2.37. The van der Waals surface area contributed by atoms with Crippen LogP contribution in [0.15, 0.2) is 36.4 Å². The fourth-order valence-electron chi connectivity index (χ4n) is 4.88. The predicted molar refractivity (Wildman–Crippen MR) is 118 cm³/mol. The zero-order valence-electron chi connectivity index (χ0n) is 18.2. The van der Waals surface area contributed by atoms with Gasteiger partial charge in [-0.3, -0.25) is 9.59 Å². The average molecular weight is 443 g/mol. The molecule has 170 valence electrons. The molecule has 2 aliphatic rings. The van der Waals surface area contributed by atoms with Gasteiger partial charge in [0.15, 0.2) is 0 Å². The Morgan fingerprint density at radius 2 is 1.78 bits per heavy atom. The van der Waals surface area contributed by atoms with Crippen LogP contribution in [0.25, 0.3) is 0 Å². The van der Waals surface area contributed by atoms with E-state index in [2.05, 4.69) is 5.32 Å². The number of nitrogens with one attached hydrogen (secondary N) is 1. The van der Waals surface area contributed by atoms with Crippen molar-refractivity contribution in [1.82, 2.24) is 4.90 Å². The van der Waals surface area contributed by atoms with Gasteiger partial charge in [-0.1, -0.05) is 19.3 Å². The smallest absolute Gasteiger partial charge is 0.258 e. The Bertz CT molecular complexity index is 1010. The van der Waals surface area contributed by atoms with Crippen LogP contribution in [0.3, 0.4) is 0 Å². The zero-order chi connectivity index (χ0) is 22.7. The van der Waals surface area contributed by atoms with Gasteiger partial charge in [0.25, 0.3) is 11.8 Å². The van der Waals surface area contributed by atoms with E-state index in [1.165, 1.54) is 25.7 Å². The van der Waals surface area contributed by atoms with Gasteiger partial charge in [0.1, 0.15) is 17.4 Å². The molecule has 1 saturated heterocycles. The molecule has 0 bridgehead atoms. The van der Waals surface area contributed by atoms with Crippen LogP contribution in [0.1, 0.15) is 59.7 Å². The van der Waals surface area contributed by atoms with Gasteiger partial charge in [0.2, 0.25) is 0 Å². The minimum Gasteiger partial charge on any atom is -0.493 e. The summed E-state index contributed by atoms with van der Waals surface area (Å²) in [6.45, 7) is 3.70. The number of ether oxygens (including phenoxy) is 1. The van der Waals surface area contributed by atoms with E-state index in [4.69, 9.17) is 4.74 Å². The van der Waals surface area contributed by atoms with Gasteiger partial charge in [-0.05, 0) is 55.9 Å². The van der Waals surface area contributed by atoms with Gasteiger partial charge in [-0.15, -0.1) is 0 Å². The number of benzene rings is 2. The highest BCUT2D eigenvalue weighted by atomic mass is 19.1. The lowest BCUT2D eigenvalue weighted by Gasteiger charge is -2.41. The molecular weight excluding hydrogens is 414 g/mol. The monoisotopic (exact) mass is 442 g/mol. The van der Waals surface area contributed by atoms with Crippen molar-refractivity contribution in [2.45, 2.75) is 39.0 Å². The second kappa shape index (κ2) is 9.67. The van der Waals surface area contributed by atoms with Crippen LogP contribution in [0, 0.1) is 23.5 Å². The quantitative estimate of drug-likeness (QED) is 0.687. The van der Waals surface area contributed by atoms with Crippen molar-refractivity contribution >= 4 is 17.5 Å². The standard InChI is InChI=1S/C25H28F2N2O3/c1-2-32-23-14-19(28-24(30)20-9-7-18(26)13-22(20)27)8-10-21(23)25(31)29-12-11-16-5-3-4-6-17(16)15-29/h7-10,13-14,16-17H,2-6,11-12,15H2,1H3,(H,28,30)/t16-,17+/m1/s1. The molecule has 1 N–H and O–H groups in total. The number of rotatable bonds is 5. The number of anilines is 1. The molecule has 4 rings (SSSR count). The van der Waals surface area contributed by atoms with Crippen molar-refractivity contribution in [3.8, 4) is 5.75 Å². The largest absolute Gasteiger partial charge is 0.493 e. The number of carbonyl (C=O) groups excluding carboxylic acids is 2. The van der Waals surface area contributed by atoms with Crippen LogP contribution in [0.4, 0.5) is 14.5 Å². The molecule has 2 atom stereocenters. The third-order valence-corrected chi connectivity index (χ3v) is 6.52. The van der Waals surface area contributed by atoms with Crippen LogP contribution in [0.2, 0.25) is 0 Å². The first-order valence-electron chi connectivity index (χ1n) is 11.3. The summed E-state index contributed by atoms with van der Waals surface area (Å²) in [5, 5.41) is 2.59. The molecule has 7 heteroatoms. The predicted octanol–water partition coefficient (Wildman–Crippen LogP) is 5.27. The second-order valence-corrected chi connectivity index (χ2v) is 8.57. The minimum atomic E-state index is -0.939. The topological polar surface area (TPSA) is 58.6 Å². The van der Waals surface area contributed by atoms with Crippen molar-refractivity contribution in [3.63, 3.8) is 0 Å². The Morgan fingerprint density at radius 3 is 2.53 bits per heavy atom. The van der Waals surface area contributed by atoms with Crippen molar-refractivity contribution in [1.29, 1.82) is 0 Å². The molecule has 2 aromatic rings. The molecule has 1 aliphatic heterocycles. The summed E-state index contributed by atoms with van der Waals surface area (Å²) in [4.78, 5) is 27.6. The van der Waals surface area contributed by atoms with Crippen LogP contribution in [0.5, 0.6) is 5.75 Å². The van der Waals surface area contributed by atoms with Crippen LogP contribution in [-0.4, -0.2) is 36.4 Å². The second-order valence-electron chi connectivity index (χ2n) is 8.57. The van der Waals surface area contributed by atoms with Crippen molar-refractivity contribution < 1.29 is 23.1 Å². The third-order valence-electron chi connectivity index (χ3n) is 6.52. The number of halogens is 2. The van der Waals surface area contributed by atoms with Gasteiger partial charge in [-0.25, -0.2) is 8.78 Å². The molecule has 1 saturated carbocycles. The summed E-state index contributed by atoms with van der Waals surface area (Å²) in [6.07, 6.45) is 6.00. The molecule has 1 aliphatic carbocycles. The molecule has 2 fully saturated rings. The lowest BCUT2D eigenvalue weighted by Crippen LogP contribution is -2.44. The Kier molecular flexibility index (Phi) is 6.72. The molecule has 2 amide bonds. The molecule has 0 spiro atoms. The van der Waals surface area contributed by atoms with Crippen molar-refractivity contribution in [3.05, 3.63) is 59.2 Å². The number of nitrogens with zero attached hydrogens (tertiary/aromatic N) is 1. The number of amides is 2. The summed E-state index contributed by atoms with van der Waals surface area (Å²) in [6, 6.07) is 7.59. The van der Waals surface area contributed by atoms with E-state index < -0.39 is 17.5 Å². The molecule has 32 heavy (non-hydrogen) atoms. The van der Waals surface area contributed by atoms with E-state index in [9.17, 15) is 18.4 Å². The van der Waals surface area contributed by atoms with E-state index in [1.54, 1.807) is 18.2 Å². The first-order valence-corrected chi connectivity index (χ1v) is 11.3. The molecule has 0 unspecified atom stereocenters. The van der Waals surface area contributed by atoms with Gasteiger partial charge in [0, 0.05) is 30.9 Å². The van der Waals surface area contributed by atoms with Crippen molar-refractivity contribution in [2.24, 2.45) is 11.8 Å². The van der Waals surface area contributed by atoms with Crippen LogP contribution >= 0.6 is 0 Å². The fourth-order valence-corrected chi connectivity index (χ4v) is 4.88. The van der Waals surface area contributed by atoms with E-state index in [1.807, 2.05) is 11.8 Å². The number of carbonyl (C=O) groups is 2. The number of hydrogen-bond donors (Lipinski definition) is 1. The van der Waals surface area contributed by atoms with Gasteiger partial charge in [0.05, 0.1) is 17.7 Å². The molecule has 1 heterocycles. The summed E-state index contributed by atoms with van der Waals surface area (Å²) in [7, 11) is 0. The summed E-state index contributed by atoms with van der Waals surface area (Å²) < 4.78 is 32.7. The Morgan fingerprint density at radius 1 is 1.03 bits per heavy atom. The highest BCUT2D eigenvalue weighted by Gasteiger charge is 2.34. The number of hydrogen-bond acceptors (Lipinski definition) is 3.